The highest BCUT2D eigenvalue weighted by atomic mass is 16.6. The van der Waals surface area contributed by atoms with Gasteiger partial charge in [0.15, 0.2) is 6.23 Å². The van der Waals surface area contributed by atoms with Crippen molar-refractivity contribution in [2.75, 3.05) is 23.0 Å². The lowest BCUT2D eigenvalue weighted by molar-refractivity contribution is 0.130. The lowest BCUT2D eigenvalue weighted by Crippen LogP contribution is -2.18. The van der Waals surface area contributed by atoms with Crippen molar-refractivity contribution in [3.05, 3.63) is 72.3 Å². The summed E-state index contributed by atoms with van der Waals surface area (Å²) in [6.45, 7) is 3.57. The molecule has 3 aromatic carbocycles. The number of aliphatic hydroxyl groups excluding tert-OH is 1. The molecule has 0 aliphatic carbocycles. The van der Waals surface area contributed by atoms with Gasteiger partial charge >= 0.3 is 6.09 Å². The number of nitrogens with one attached hydrogen (secondary N) is 3. The van der Waals surface area contributed by atoms with Gasteiger partial charge in [0.05, 0.1) is 22.8 Å². The van der Waals surface area contributed by atoms with Crippen LogP contribution in [0, 0.1) is 0 Å². The molecule has 0 fully saturated rings. The molecule has 0 spiro atoms. The first kappa shape index (κ1) is 21.4. The Morgan fingerprint density at radius 3 is 2.50 bits per heavy atom. The van der Waals surface area contributed by atoms with E-state index in [0.29, 0.717) is 11.3 Å². The van der Waals surface area contributed by atoms with E-state index in [2.05, 4.69) is 16.0 Å². The topological polar surface area (TPSA) is 95.5 Å². The van der Waals surface area contributed by atoms with Gasteiger partial charge in [-0.1, -0.05) is 30.3 Å². The van der Waals surface area contributed by atoms with Crippen molar-refractivity contribution in [2.24, 2.45) is 0 Å². The standard InChI is InChI=1S/C25H26N4O3/c1-15(2)32-25(31)27-18-8-6-7-16(13-18)24(30)29-23-19-9-4-5-10-21(19)28-22-14-17(26-3)11-12-20(22)23/h4-15,24,26,30H,1-3H3,(H,27,31)(H,28,29). The van der Waals surface area contributed by atoms with E-state index in [9.17, 15) is 9.90 Å². The molecule has 0 bridgehead atoms. The van der Waals surface area contributed by atoms with E-state index in [1.54, 1.807) is 38.1 Å². The summed E-state index contributed by atoms with van der Waals surface area (Å²) in [5, 5.41) is 21.9. The van der Waals surface area contributed by atoms with Crippen LogP contribution in [0.25, 0.3) is 21.8 Å². The average Bonchev–Trinajstić information content (AvgIpc) is 2.78. The Morgan fingerprint density at radius 2 is 1.72 bits per heavy atom. The van der Waals surface area contributed by atoms with E-state index in [0.717, 1.165) is 33.2 Å². The molecule has 32 heavy (non-hydrogen) atoms. The molecule has 1 amide bonds. The molecular weight excluding hydrogens is 404 g/mol. The maximum atomic E-state index is 11.9. The Bertz CT molecular complexity index is 1270. The van der Waals surface area contributed by atoms with Gasteiger partial charge in [0.25, 0.3) is 0 Å². The quantitative estimate of drug-likeness (QED) is 0.239. The van der Waals surface area contributed by atoms with E-state index in [4.69, 9.17) is 9.72 Å². The minimum absolute atomic E-state index is 0.220. The van der Waals surface area contributed by atoms with Crippen molar-refractivity contribution < 1.29 is 14.6 Å². The van der Waals surface area contributed by atoms with Gasteiger partial charge in [-0.25, -0.2) is 9.78 Å². The van der Waals surface area contributed by atoms with Gasteiger partial charge in [-0.05, 0) is 50.2 Å². The van der Waals surface area contributed by atoms with Crippen molar-refractivity contribution in [3.8, 4) is 0 Å². The number of hydrogen-bond acceptors (Lipinski definition) is 6. The van der Waals surface area contributed by atoms with Crippen LogP contribution in [0.15, 0.2) is 66.7 Å². The van der Waals surface area contributed by atoms with Crippen LogP contribution in [0.2, 0.25) is 0 Å². The minimum Gasteiger partial charge on any atom is -0.447 e. The highest BCUT2D eigenvalue weighted by Crippen LogP contribution is 2.34. The van der Waals surface area contributed by atoms with Crippen molar-refractivity contribution in [1.29, 1.82) is 0 Å². The second kappa shape index (κ2) is 9.11. The molecule has 0 aliphatic heterocycles. The Kier molecular flexibility index (Phi) is 6.09. The van der Waals surface area contributed by atoms with Gasteiger partial charge in [-0.2, -0.15) is 0 Å². The number of anilines is 3. The molecule has 4 rings (SSSR count). The fourth-order valence-electron chi connectivity index (χ4n) is 3.57. The summed E-state index contributed by atoms with van der Waals surface area (Å²) in [4.78, 5) is 16.7. The predicted octanol–water partition coefficient (Wildman–Crippen LogP) is 5.49. The van der Waals surface area contributed by atoms with Crippen LogP contribution in [-0.4, -0.2) is 29.3 Å². The molecule has 0 radical (unpaired) electrons. The molecule has 164 valence electrons. The number of ether oxygens (including phenoxy) is 1. The van der Waals surface area contributed by atoms with Crippen LogP contribution in [0.3, 0.4) is 0 Å². The molecular formula is C25H26N4O3. The van der Waals surface area contributed by atoms with E-state index >= 15 is 0 Å². The predicted molar refractivity (Wildman–Crippen MR) is 129 cm³/mol. The largest absolute Gasteiger partial charge is 0.447 e. The fourth-order valence-corrected chi connectivity index (χ4v) is 3.57. The van der Waals surface area contributed by atoms with Crippen molar-refractivity contribution >= 4 is 45.0 Å². The normalized spacial score (nSPS) is 12.0. The summed E-state index contributed by atoms with van der Waals surface area (Å²) >= 11 is 0. The minimum atomic E-state index is -1.00. The third-order valence-electron chi connectivity index (χ3n) is 5.04. The molecule has 1 heterocycles. The molecule has 1 atom stereocenters. The maximum absolute atomic E-state index is 11.9. The Morgan fingerprint density at radius 1 is 0.938 bits per heavy atom. The van der Waals surface area contributed by atoms with E-state index < -0.39 is 12.3 Å². The number of nitrogens with zero attached hydrogens (tertiary/aromatic N) is 1. The zero-order valence-electron chi connectivity index (χ0n) is 18.2. The van der Waals surface area contributed by atoms with Gasteiger partial charge in [0, 0.05) is 34.8 Å². The molecule has 7 nitrogen and oxygen atoms in total. The first-order valence-corrected chi connectivity index (χ1v) is 10.5. The SMILES string of the molecule is CNc1ccc2c(NC(O)c3cccc(NC(=O)OC(C)C)c3)c3ccccc3nc2c1. The number of benzene rings is 3. The zero-order valence-corrected chi connectivity index (χ0v) is 18.2. The van der Waals surface area contributed by atoms with Crippen LogP contribution < -0.4 is 16.0 Å². The second-order valence-electron chi connectivity index (χ2n) is 7.74. The number of aromatic nitrogens is 1. The summed E-state index contributed by atoms with van der Waals surface area (Å²) in [6, 6.07) is 20.8. The van der Waals surface area contributed by atoms with E-state index in [-0.39, 0.29) is 6.10 Å². The highest BCUT2D eigenvalue weighted by molar-refractivity contribution is 6.08. The Labute approximate surface area is 186 Å². The summed E-state index contributed by atoms with van der Waals surface area (Å²) in [7, 11) is 1.86. The van der Waals surface area contributed by atoms with Crippen LogP contribution in [-0.2, 0) is 4.74 Å². The number of pyridine rings is 1. The van der Waals surface area contributed by atoms with Crippen molar-refractivity contribution in [3.63, 3.8) is 0 Å². The third-order valence-corrected chi connectivity index (χ3v) is 5.04. The smallest absolute Gasteiger partial charge is 0.411 e. The number of aliphatic hydroxyl groups is 1. The van der Waals surface area contributed by atoms with Crippen LogP contribution in [0.4, 0.5) is 21.9 Å². The zero-order chi connectivity index (χ0) is 22.7. The van der Waals surface area contributed by atoms with Crippen molar-refractivity contribution in [2.45, 2.75) is 26.2 Å². The molecule has 4 aromatic rings. The number of para-hydroxylation sites is 1. The molecule has 0 saturated heterocycles. The van der Waals surface area contributed by atoms with Gasteiger partial charge in [-0.3, -0.25) is 5.32 Å². The van der Waals surface area contributed by atoms with Gasteiger partial charge < -0.3 is 20.5 Å². The summed E-state index contributed by atoms with van der Waals surface area (Å²) in [5.74, 6) is 0. The number of carbonyl (C=O) groups is 1. The van der Waals surface area contributed by atoms with Crippen LogP contribution in [0.1, 0.15) is 25.6 Å². The van der Waals surface area contributed by atoms with Gasteiger partial charge in [-0.15, -0.1) is 0 Å². The lowest BCUT2D eigenvalue weighted by atomic mass is 10.1. The van der Waals surface area contributed by atoms with E-state index in [1.807, 2.05) is 49.5 Å². The first-order valence-electron chi connectivity index (χ1n) is 10.5. The number of amides is 1. The fraction of sp³-hybridized carbons (Fsp3) is 0.200. The van der Waals surface area contributed by atoms with Gasteiger partial charge in [0.1, 0.15) is 0 Å². The van der Waals surface area contributed by atoms with Gasteiger partial charge in [0.2, 0.25) is 0 Å². The third kappa shape index (κ3) is 4.58. The first-order chi connectivity index (χ1) is 15.4. The highest BCUT2D eigenvalue weighted by Gasteiger charge is 2.15. The second-order valence-corrected chi connectivity index (χ2v) is 7.74. The molecule has 7 heteroatoms. The molecule has 1 aromatic heterocycles. The molecule has 0 saturated carbocycles. The number of hydrogen-bond donors (Lipinski definition) is 4. The van der Waals surface area contributed by atoms with Crippen LogP contribution >= 0.6 is 0 Å². The lowest BCUT2D eigenvalue weighted by Gasteiger charge is -2.19. The Hall–Kier alpha value is -3.84. The van der Waals surface area contributed by atoms with E-state index in [1.165, 1.54) is 0 Å². The summed E-state index contributed by atoms with van der Waals surface area (Å²) in [6.07, 6.45) is -1.76. The monoisotopic (exact) mass is 430 g/mol. The number of carbonyl (C=O) groups excluding carboxylic acids is 1. The summed E-state index contributed by atoms with van der Waals surface area (Å²) in [5.41, 5.74) is 4.54. The Balaban J connectivity index is 1.68. The number of rotatable bonds is 6. The van der Waals surface area contributed by atoms with Crippen molar-refractivity contribution in [1.82, 2.24) is 4.98 Å². The molecule has 1 unspecified atom stereocenters. The molecule has 4 N–H and O–H groups in total. The molecule has 0 aliphatic rings. The number of fused-ring (bicyclic) bond motifs is 2. The summed E-state index contributed by atoms with van der Waals surface area (Å²) < 4.78 is 5.13. The average molecular weight is 431 g/mol. The maximum Gasteiger partial charge on any atom is 0.411 e. The van der Waals surface area contributed by atoms with Crippen LogP contribution in [0.5, 0.6) is 0 Å².